The van der Waals surface area contributed by atoms with Crippen LogP contribution in [-0.2, 0) is 9.59 Å². The SMILES string of the molecule is CNC(=O)C(NC(=O)CC12CC3CC(CC(Br)(C3)C1)C2)c1ccc(F)c(F)c1. The lowest BCUT2D eigenvalue weighted by Gasteiger charge is -2.60. The van der Waals surface area contributed by atoms with Gasteiger partial charge in [0.05, 0.1) is 0 Å². The Balaban J connectivity index is 1.51. The van der Waals surface area contributed by atoms with Crippen molar-refractivity contribution in [1.82, 2.24) is 10.6 Å². The summed E-state index contributed by atoms with van der Waals surface area (Å²) >= 11 is 3.95. The third-order valence-corrected chi connectivity index (χ3v) is 7.67. The molecule has 28 heavy (non-hydrogen) atoms. The molecule has 0 aromatic heterocycles. The monoisotopic (exact) mass is 454 g/mol. The minimum atomic E-state index is -1.04. The number of benzene rings is 1. The molecule has 4 bridgehead atoms. The van der Waals surface area contributed by atoms with Crippen molar-refractivity contribution in [2.75, 3.05) is 7.05 Å². The summed E-state index contributed by atoms with van der Waals surface area (Å²) in [5, 5.41) is 5.25. The summed E-state index contributed by atoms with van der Waals surface area (Å²) in [5.41, 5.74) is 0.202. The summed E-state index contributed by atoms with van der Waals surface area (Å²) in [5.74, 6) is -1.37. The Morgan fingerprint density at radius 2 is 1.86 bits per heavy atom. The van der Waals surface area contributed by atoms with Crippen LogP contribution in [0.3, 0.4) is 0 Å². The molecular formula is C21H25BrF2N2O2. The summed E-state index contributed by atoms with van der Waals surface area (Å²) in [6.45, 7) is 0. The van der Waals surface area contributed by atoms with E-state index in [9.17, 15) is 18.4 Å². The number of halogens is 3. The number of hydrogen-bond acceptors (Lipinski definition) is 2. The molecule has 0 saturated heterocycles. The molecule has 4 nitrogen and oxygen atoms in total. The van der Waals surface area contributed by atoms with E-state index in [2.05, 4.69) is 26.6 Å². The number of likely N-dealkylation sites (N-methyl/N-ethyl adjacent to an activating group) is 1. The zero-order valence-corrected chi connectivity index (χ0v) is 17.5. The number of alkyl halides is 1. The Kier molecular flexibility index (Phi) is 5.01. The highest BCUT2D eigenvalue weighted by molar-refractivity contribution is 9.10. The summed E-state index contributed by atoms with van der Waals surface area (Å²) < 4.78 is 27.1. The van der Waals surface area contributed by atoms with Gasteiger partial charge in [0.1, 0.15) is 6.04 Å². The molecule has 152 valence electrons. The average molecular weight is 455 g/mol. The van der Waals surface area contributed by atoms with Gasteiger partial charge in [0.2, 0.25) is 11.8 Å². The van der Waals surface area contributed by atoms with Crippen molar-refractivity contribution in [2.24, 2.45) is 17.3 Å². The molecule has 2 N–H and O–H groups in total. The van der Waals surface area contributed by atoms with Gasteiger partial charge in [0.15, 0.2) is 11.6 Å². The summed E-state index contributed by atoms with van der Waals surface area (Å²) in [6, 6.07) is 2.23. The molecule has 0 heterocycles. The van der Waals surface area contributed by atoms with Crippen LogP contribution in [0.15, 0.2) is 18.2 Å². The molecule has 3 atom stereocenters. The number of amides is 2. The van der Waals surface area contributed by atoms with E-state index >= 15 is 0 Å². The van der Waals surface area contributed by atoms with Crippen LogP contribution in [0, 0.1) is 28.9 Å². The van der Waals surface area contributed by atoms with Crippen molar-refractivity contribution >= 4 is 27.7 Å². The molecular weight excluding hydrogens is 430 g/mol. The molecule has 0 aliphatic heterocycles. The smallest absolute Gasteiger partial charge is 0.246 e. The van der Waals surface area contributed by atoms with Gasteiger partial charge in [-0.25, -0.2) is 8.78 Å². The molecule has 4 aliphatic carbocycles. The van der Waals surface area contributed by atoms with E-state index < -0.39 is 23.6 Å². The Morgan fingerprint density at radius 1 is 1.18 bits per heavy atom. The van der Waals surface area contributed by atoms with Gasteiger partial charge in [0, 0.05) is 17.8 Å². The van der Waals surface area contributed by atoms with Gasteiger partial charge in [-0.2, -0.15) is 0 Å². The van der Waals surface area contributed by atoms with Crippen LogP contribution < -0.4 is 10.6 Å². The van der Waals surface area contributed by atoms with Crippen LogP contribution >= 0.6 is 15.9 Å². The number of rotatable bonds is 5. The van der Waals surface area contributed by atoms with E-state index in [-0.39, 0.29) is 21.2 Å². The third-order valence-electron chi connectivity index (χ3n) is 6.74. The van der Waals surface area contributed by atoms with Crippen LogP contribution in [0.4, 0.5) is 8.78 Å². The number of carbonyl (C=O) groups is 2. The predicted octanol–water partition coefficient (Wildman–Crippen LogP) is 3.99. The first-order valence-corrected chi connectivity index (χ1v) is 10.7. The Bertz CT molecular complexity index is 802. The maximum atomic E-state index is 13.6. The lowest BCUT2D eigenvalue weighted by atomic mass is 9.48. The maximum absolute atomic E-state index is 13.6. The molecule has 4 aliphatic rings. The van der Waals surface area contributed by atoms with E-state index in [0.29, 0.717) is 18.3 Å². The quantitative estimate of drug-likeness (QED) is 0.660. The molecule has 4 fully saturated rings. The van der Waals surface area contributed by atoms with Gasteiger partial charge >= 0.3 is 0 Å². The number of carbonyl (C=O) groups excluding carboxylic acids is 2. The van der Waals surface area contributed by atoms with Crippen molar-refractivity contribution in [3.05, 3.63) is 35.4 Å². The first-order chi connectivity index (χ1) is 13.2. The number of nitrogens with one attached hydrogen (secondary N) is 2. The Morgan fingerprint density at radius 3 is 2.43 bits per heavy atom. The van der Waals surface area contributed by atoms with Crippen LogP contribution in [0.5, 0.6) is 0 Å². The second kappa shape index (κ2) is 7.08. The topological polar surface area (TPSA) is 58.2 Å². The van der Waals surface area contributed by atoms with E-state index in [1.165, 1.54) is 32.4 Å². The second-order valence-electron chi connectivity index (χ2n) is 9.08. The second-order valence-corrected chi connectivity index (χ2v) is 10.8. The van der Waals surface area contributed by atoms with Gasteiger partial charge in [-0.1, -0.05) is 22.0 Å². The van der Waals surface area contributed by atoms with Gasteiger partial charge in [0.25, 0.3) is 0 Å². The highest BCUT2D eigenvalue weighted by Gasteiger charge is 2.57. The summed E-state index contributed by atoms with van der Waals surface area (Å²) in [4.78, 5) is 25.2. The van der Waals surface area contributed by atoms with Crippen molar-refractivity contribution < 1.29 is 18.4 Å². The molecule has 2 amide bonds. The van der Waals surface area contributed by atoms with Crippen LogP contribution in [0.25, 0.3) is 0 Å². The minimum absolute atomic E-state index is 0.0288. The van der Waals surface area contributed by atoms with Crippen LogP contribution in [0.1, 0.15) is 56.6 Å². The minimum Gasteiger partial charge on any atom is -0.357 e. The lowest BCUT2D eigenvalue weighted by molar-refractivity contribution is -0.133. The Hall–Kier alpha value is -1.50. The van der Waals surface area contributed by atoms with Crippen LogP contribution in [-0.4, -0.2) is 23.2 Å². The summed E-state index contributed by atoms with van der Waals surface area (Å²) in [7, 11) is 1.45. The molecule has 3 unspecified atom stereocenters. The van der Waals surface area contributed by atoms with E-state index in [1.807, 2.05) is 0 Å². The Labute approximate surface area is 172 Å². The van der Waals surface area contributed by atoms with Gasteiger partial charge in [-0.05, 0) is 73.5 Å². The molecule has 1 aromatic carbocycles. The van der Waals surface area contributed by atoms with E-state index in [1.54, 1.807) is 0 Å². The van der Waals surface area contributed by atoms with Crippen molar-refractivity contribution in [2.45, 2.75) is 55.3 Å². The molecule has 0 radical (unpaired) electrons. The normalized spacial score (nSPS) is 34.1. The van der Waals surface area contributed by atoms with Crippen molar-refractivity contribution in [3.8, 4) is 0 Å². The lowest BCUT2D eigenvalue weighted by Crippen LogP contribution is -2.54. The highest BCUT2D eigenvalue weighted by Crippen LogP contribution is 2.65. The van der Waals surface area contributed by atoms with Gasteiger partial charge in [-0.3, -0.25) is 9.59 Å². The zero-order valence-electron chi connectivity index (χ0n) is 15.9. The number of hydrogen-bond donors (Lipinski definition) is 2. The third kappa shape index (κ3) is 3.70. The molecule has 0 spiro atoms. The summed E-state index contributed by atoms with van der Waals surface area (Å²) in [6.07, 6.45) is 7.08. The largest absolute Gasteiger partial charge is 0.357 e. The fourth-order valence-corrected chi connectivity index (χ4v) is 7.74. The van der Waals surface area contributed by atoms with E-state index in [4.69, 9.17) is 0 Å². The molecule has 5 rings (SSSR count). The molecule has 4 saturated carbocycles. The fraction of sp³-hybridized carbons (Fsp3) is 0.619. The maximum Gasteiger partial charge on any atom is 0.246 e. The van der Waals surface area contributed by atoms with Gasteiger partial charge in [-0.15, -0.1) is 0 Å². The predicted molar refractivity (Wildman–Crippen MR) is 105 cm³/mol. The highest BCUT2D eigenvalue weighted by atomic mass is 79.9. The van der Waals surface area contributed by atoms with Crippen LogP contribution in [0.2, 0.25) is 0 Å². The molecule has 1 aromatic rings. The van der Waals surface area contributed by atoms with E-state index in [0.717, 1.165) is 31.4 Å². The molecule has 7 heteroatoms. The average Bonchev–Trinajstić information content (AvgIpc) is 2.59. The first kappa shape index (κ1) is 19.8. The first-order valence-electron chi connectivity index (χ1n) is 9.86. The zero-order chi connectivity index (χ0) is 20.1. The van der Waals surface area contributed by atoms with Crippen molar-refractivity contribution in [1.29, 1.82) is 0 Å². The standard InChI is InChI=1S/C21H25BrF2N2O2/c1-25-19(28)18(14-2-3-15(23)16(24)5-14)26-17(27)10-20-6-12-4-13(7-20)9-21(22,8-12)11-20/h2-3,5,12-13,18H,4,6-11H2,1H3,(H,25,28)(H,26,27). The van der Waals surface area contributed by atoms with Crippen molar-refractivity contribution in [3.63, 3.8) is 0 Å². The fourth-order valence-electron chi connectivity index (χ4n) is 6.23. The van der Waals surface area contributed by atoms with Gasteiger partial charge < -0.3 is 10.6 Å².